The number of carbonyl (C=O) groups excluding carboxylic acids is 2. The summed E-state index contributed by atoms with van der Waals surface area (Å²) in [5, 5.41) is 2.51. The van der Waals surface area contributed by atoms with Gasteiger partial charge >= 0.3 is 12.1 Å². The number of ether oxygens (including phenoxy) is 2. The van der Waals surface area contributed by atoms with Crippen molar-refractivity contribution >= 4 is 23.7 Å². The number of alkyl halides is 1. The standard InChI is InChI=1S/C17H24ClNO4/c1-12(20)22-14(11-10-13-8-6-5-7-9-13)15(18)19-16(21)23-17(2,3)4/h5-9,14-15H,10-11H2,1-4H3,(H,19,21). The van der Waals surface area contributed by atoms with Crippen molar-refractivity contribution < 1.29 is 19.1 Å². The first-order valence-corrected chi connectivity index (χ1v) is 7.96. The smallest absolute Gasteiger partial charge is 0.408 e. The Morgan fingerprint density at radius 1 is 1.22 bits per heavy atom. The Morgan fingerprint density at radius 2 is 1.83 bits per heavy atom. The molecule has 0 heterocycles. The van der Waals surface area contributed by atoms with Crippen LogP contribution in [0.4, 0.5) is 4.79 Å². The summed E-state index contributed by atoms with van der Waals surface area (Å²) >= 11 is 6.19. The number of esters is 1. The van der Waals surface area contributed by atoms with Crippen LogP contribution in [0.1, 0.15) is 39.7 Å². The van der Waals surface area contributed by atoms with Gasteiger partial charge in [-0.15, -0.1) is 0 Å². The van der Waals surface area contributed by atoms with E-state index < -0.39 is 29.3 Å². The Morgan fingerprint density at radius 3 is 2.35 bits per heavy atom. The molecule has 0 bridgehead atoms. The highest BCUT2D eigenvalue weighted by Gasteiger charge is 2.26. The van der Waals surface area contributed by atoms with Crippen molar-refractivity contribution in [3.63, 3.8) is 0 Å². The fourth-order valence-corrected chi connectivity index (χ4v) is 2.21. The molecule has 2 unspecified atom stereocenters. The molecular weight excluding hydrogens is 318 g/mol. The number of rotatable bonds is 6. The molecule has 6 heteroatoms. The van der Waals surface area contributed by atoms with Gasteiger partial charge in [0.25, 0.3) is 0 Å². The Hall–Kier alpha value is -1.75. The minimum Gasteiger partial charge on any atom is -0.459 e. The van der Waals surface area contributed by atoms with Gasteiger partial charge in [-0.1, -0.05) is 41.9 Å². The number of hydrogen-bond donors (Lipinski definition) is 1. The minimum atomic E-state index is -0.863. The normalized spacial score (nSPS) is 13.8. The fourth-order valence-electron chi connectivity index (χ4n) is 1.94. The molecule has 0 aliphatic rings. The van der Waals surface area contributed by atoms with E-state index in [4.69, 9.17) is 21.1 Å². The Bertz CT molecular complexity index is 513. The first-order chi connectivity index (χ1) is 10.7. The highest BCUT2D eigenvalue weighted by molar-refractivity contribution is 6.21. The number of hydrogen-bond acceptors (Lipinski definition) is 4. The summed E-state index contributed by atoms with van der Waals surface area (Å²) in [5.74, 6) is -0.445. The molecule has 0 aromatic heterocycles. The van der Waals surface area contributed by atoms with Gasteiger partial charge in [-0.2, -0.15) is 0 Å². The van der Waals surface area contributed by atoms with Crippen LogP contribution in [0, 0.1) is 0 Å². The van der Waals surface area contributed by atoms with Crippen LogP contribution in [0.15, 0.2) is 30.3 Å². The predicted molar refractivity (Wildman–Crippen MR) is 89.3 cm³/mol. The average Bonchev–Trinajstić information content (AvgIpc) is 2.41. The molecule has 2 atom stereocenters. The third kappa shape index (κ3) is 8.45. The van der Waals surface area contributed by atoms with Gasteiger partial charge in [0.1, 0.15) is 17.2 Å². The highest BCUT2D eigenvalue weighted by Crippen LogP contribution is 2.15. The van der Waals surface area contributed by atoms with Crippen LogP contribution in [0.2, 0.25) is 0 Å². The Kier molecular flexibility index (Phi) is 7.36. The second kappa shape index (κ2) is 8.77. The largest absolute Gasteiger partial charge is 0.459 e. The van der Waals surface area contributed by atoms with E-state index in [1.807, 2.05) is 30.3 Å². The number of aryl methyl sites for hydroxylation is 1. The van der Waals surface area contributed by atoms with E-state index in [0.29, 0.717) is 12.8 Å². The highest BCUT2D eigenvalue weighted by atomic mass is 35.5. The van der Waals surface area contributed by atoms with Crippen LogP contribution in [0.5, 0.6) is 0 Å². The van der Waals surface area contributed by atoms with E-state index in [9.17, 15) is 9.59 Å². The number of carbonyl (C=O) groups is 2. The number of benzene rings is 1. The summed E-state index contributed by atoms with van der Waals surface area (Å²) in [5.41, 5.74) is -0.384. The van der Waals surface area contributed by atoms with Crippen molar-refractivity contribution in [2.45, 2.75) is 57.7 Å². The lowest BCUT2D eigenvalue weighted by Crippen LogP contribution is -2.44. The Labute approximate surface area is 142 Å². The first-order valence-electron chi connectivity index (χ1n) is 7.52. The molecule has 1 aromatic carbocycles. The van der Waals surface area contributed by atoms with Gasteiger partial charge in [0.15, 0.2) is 0 Å². The lowest BCUT2D eigenvalue weighted by Gasteiger charge is -2.25. The predicted octanol–water partition coefficient (Wildman–Crippen LogP) is 3.64. The van der Waals surface area contributed by atoms with Crippen LogP contribution in [0.3, 0.4) is 0 Å². The third-order valence-corrected chi connectivity index (χ3v) is 3.25. The summed E-state index contributed by atoms with van der Waals surface area (Å²) in [6.45, 7) is 6.59. The maximum absolute atomic E-state index is 11.8. The van der Waals surface area contributed by atoms with Gasteiger partial charge in [-0.05, 0) is 39.2 Å². The van der Waals surface area contributed by atoms with Crippen molar-refractivity contribution in [2.24, 2.45) is 0 Å². The van der Waals surface area contributed by atoms with Crippen LogP contribution in [-0.4, -0.2) is 29.3 Å². The van der Waals surface area contributed by atoms with Crippen LogP contribution < -0.4 is 5.32 Å². The summed E-state index contributed by atoms with van der Waals surface area (Å²) in [7, 11) is 0. The Balaban J connectivity index is 2.61. The van der Waals surface area contributed by atoms with Crippen molar-refractivity contribution in [3.05, 3.63) is 35.9 Å². The number of alkyl carbamates (subject to hydrolysis) is 1. The quantitative estimate of drug-likeness (QED) is 0.487. The van der Waals surface area contributed by atoms with Crippen molar-refractivity contribution in [1.82, 2.24) is 5.32 Å². The molecule has 1 rings (SSSR count). The molecule has 1 aromatic rings. The van der Waals surface area contributed by atoms with Crippen LogP contribution in [0.25, 0.3) is 0 Å². The van der Waals surface area contributed by atoms with E-state index in [1.165, 1.54) is 6.92 Å². The van der Waals surface area contributed by atoms with Gasteiger partial charge < -0.3 is 14.8 Å². The minimum absolute atomic E-state index is 0.445. The topological polar surface area (TPSA) is 64.6 Å². The molecule has 0 spiro atoms. The first kappa shape index (κ1) is 19.3. The van der Waals surface area contributed by atoms with Gasteiger partial charge in [-0.25, -0.2) is 4.79 Å². The molecule has 0 saturated carbocycles. The van der Waals surface area contributed by atoms with Crippen molar-refractivity contribution in [3.8, 4) is 0 Å². The molecule has 0 radical (unpaired) electrons. The van der Waals surface area contributed by atoms with Crippen LogP contribution >= 0.6 is 11.6 Å². The molecule has 128 valence electrons. The molecule has 0 aliphatic carbocycles. The number of halogens is 1. The fraction of sp³-hybridized carbons (Fsp3) is 0.529. The summed E-state index contributed by atoms with van der Waals surface area (Å²) in [6.07, 6.45) is -0.109. The van der Waals surface area contributed by atoms with Gasteiger partial charge in [0.05, 0.1) is 0 Å². The zero-order chi connectivity index (χ0) is 17.5. The van der Waals surface area contributed by atoms with Gasteiger partial charge in [-0.3, -0.25) is 4.79 Å². The molecule has 1 N–H and O–H groups in total. The molecule has 5 nitrogen and oxygen atoms in total. The molecular formula is C17H24ClNO4. The maximum atomic E-state index is 11.8. The molecule has 0 aliphatic heterocycles. The lowest BCUT2D eigenvalue weighted by molar-refractivity contribution is -0.147. The van der Waals surface area contributed by atoms with Crippen molar-refractivity contribution in [2.75, 3.05) is 0 Å². The molecule has 0 saturated heterocycles. The second-order valence-corrected chi connectivity index (χ2v) is 6.69. The third-order valence-electron chi connectivity index (χ3n) is 2.86. The maximum Gasteiger partial charge on any atom is 0.408 e. The second-order valence-electron chi connectivity index (χ2n) is 6.22. The van der Waals surface area contributed by atoms with E-state index in [-0.39, 0.29) is 0 Å². The van der Waals surface area contributed by atoms with Crippen molar-refractivity contribution in [1.29, 1.82) is 0 Å². The SMILES string of the molecule is CC(=O)OC(CCc1ccccc1)C(Cl)NC(=O)OC(C)(C)C. The monoisotopic (exact) mass is 341 g/mol. The summed E-state index contributed by atoms with van der Waals surface area (Å²) in [6, 6.07) is 9.77. The lowest BCUT2D eigenvalue weighted by atomic mass is 10.1. The zero-order valence-corrected chi connectivity index (χ0v) is 14.7. The zero-order valence-electron chi connectivity index (χ0n) is 14.0. The average molecular weight is 342 g/mol. The molecule has 23 heavy (non-hydrogen) atoms. The van der Waals surface area contributed by atoms with Gasteiger partial charge in [0.2, 0.25) is 0 Å². The summed E-state index contributed by atoms with van der Waals surface area (Å²) < 4.78 is 10.4. The van der Waals surface area contributed by atoms with E-state index in [2.05, 4.69) is 5.32 Å². The summed E-state index contributed by atoms with van der Waals surface area (Å²) in [4.78, 5) is 23.0. The number of amides is 1. The number of nitrogens with one attached hydrogen (secondary N) is 1. The van der Waals surface area contributed by atoms with Gasteiger partial charge in [0, 0.05) is 6.92 Å². The molecule has 0 fully saturated rings. The van der Waals surface area contributed by atoms with Crippen LogP contribution in [-0.2, 0) is 20.7 Å². The van der Waals surface area contributed by atoms with E-state index >= 15 is 0 Å². The van der Waals surface area contributed by atoms with E-state index in [0.717, 1.165) is 5.56 Å². The molecule has 1 amide bonds. The van der Waals surface area contributed by atoms with E-state index in [1.54, 1.807) is 20.8 Å².